The summed E-state index contributed by atoms with van der Waals surface area (Å²) >= 11 is 6.19. The number of aromatic amines is 2. The number of para-hydroxylation sites is 2. The molecule has 1 saturated heterocycles. The smallest absolute Gasteiger partial charge is 0.261 e. The Morgan fingerprint density at radius 1 is 1.06 bits per heavy atom. The van der Waals surface area contributed by atoms with E-state index in [2.05, 4.69) is 37.1 Å². The summed E-state index contributed by atoms with van der Waals surface area (Å²) in [5.74, 6) is 0.561. The summed E-state index contributed by atoms with van der Waals surface area (Å²) in [4.78, 5) is 29.0. The summed E-state index contributed by atoms with van der Waals surface area (Å²) in [7, 11) is 2.17. The molecule has 0 radical (unpaired) electrons. The second-order valence-electron chi connectivity index (χ2n) is 8.42. The Labute approximate surface area is 191 Å². The highest BCUT2D eigenvalue weighted by atomic mass is 35.5. The van der Waals surface area contributed by atoms with Gasteiger partial charge in [0.1, 0.15) is 11.4 Å². The molecule has 1 aliphatic rings. The zero-order valence-electron chi connectivity index (χ0n) is 18.1. The van der Waals surface area contributed by atoms with E-state index >= 15 is 0 Å². The molecular formula is C24H27ClN6O. The van der Waals surface area contributed by atoms with E-state index in [1.165, 1.54) is 0 Å². The number of pyridine rings is 1. The van der Waals surface area contributed by atoms with E-state index in [9.17, 15) is 4.79 Å². The number of benzene rings is 2. The molecule has 0 unspecified atom stereocenters. The number of hydrogen-bond donors (Lipinski definition) is 3. The number of rotatable bonds is 6. The van der Waals surface area contributed by atoms with E-state index in [4.69, 9.17) is 11.6 Å². The lowest BCUT2D eigenvalue weighted by atomic mass is 10.1. The molecular weight excluding hydrogens is 424 g/mol. The minimum Gasteiger partial charge on any atom is -0.384 e. The average molecular weight is 451 g/mol. The monoisotopic (exact) mass is 450 g/mol. The van der Waals surface area contributed by atoms with Crippen LogP contribution in [0.25, 0.3) is 33.3 Å². The Morgan fingerprint density at radius 3 is 2.69 bits per heavy atom. The molecule has 0 spiro atoms. The Hall–Kier alpha value is -2.87. The minimum atomic E-state index is -0.194. The van der Waals surface area contributed by atoms with Gasteiger partial charge in [0.25, 0.3) is 5.56 Å². The molecule has 4 aromatic rings. The van der Waals surface area contributed by atoms with Crippen LogP contribution in [-0.4, -0.2) is 71.1 Å². The number of halogens is 1. The molecule has 5 rings (SSSR count). The third kappa shape index (κ3) is 4.24. The van der Waals surface area contributed by atoms with Crippen LogP contribution >= 0.6 is 11.6 Å². The highest BCUT2D eigenvalue weighted by molar-refractivity contribution is 6.31. The lowest BCUT2D eigenvalue weighted by molar-refractivity contribution is 0.154. The Morgan fingerprint density at radius 2 is 1.88 bits per heavy atom. The van der Waals surface area contributed by atoms with Crippen molar-refractivity contribution in [3.63, 3.8) is 0 Å². The van der Waals surface area contributed by atoms with Crippen LogP contribution in [0.2, 0.25) is 5.02 Å². The quantitative estimate of drug-likeness (QED) is 0.389. The van der Waals surface area contributed by atoms with Crippen LogP contribution in [0, 0.1) is 0 Å². The molecule has 8 heteroatoms. The summed E-state index contributed by atoms with van der Waals surface area (Å²) in [5.41, 5.74) is 3.57. The van der Waals surface area contributed by atoms with Crippen molar-refractivity contribution >= 4 is 39.2 Å². The normalized spacial score (nSPS) is 15.6. The first-order valence-electron chi connectivity index (χ1n) is 11.0. The topological polar surface area (TPSA) is 80.0 Å². The zero-order chi connectivity index (χ0) is 22.1. The molecule has 0 aliphatic carbocycles. The number of fused-ring (bicyclic) bond motifs is 2. The second kappa shape index (κ2) is 8.94. The summed E-state index contributed by atoms with van der Waals surface area (Å²) in [5, 5.41) is 5.06. The molecule has 7 nitrogen and oxygen atoms in total. The van der Waals surface area contributed by atoms with Crippen molar-refractivity contribution in [2.45, 2.75) is 6.42 Å². The Balaban J connectivity index is 1.46. The molecule has 3 N–H and O–H groups in total. The van der Waals surface area contributed by atoms with E-state index in [0.29, 0.717) is 21.9 Å². The van der Waals surface area contributed by atoms with E-state index in [0.717, 1.165) is 67.8 Å². The van der Waals surface area contributed by atoms with E-state index in [1.807, 2.05) is 36.4 Å². The minimum absolute atomic E-state index is 0.194. The van der Waals surface area contributed by atoms with Crippen molar-refractivity contribution in [2.24, 2.45) is 0 Å². The van der Waals surface area contributed by atoms with Gasteiger partial charge in [-0.3, -0.25) is 4.79 Å². The maximum absolute atomic E-state index is 13.1. The molecule has 2 aromatic heterocycles. The predicted molar refractivity (Wildman–Crippen MR) is 132 cm³/mol. The Kier molecular flexibility index (Phi) is 5.87. The molecule has 32 heavy (non-hydrogen) atoms. The van der Waals surface area contributed by atoms with E-state index < -0.39 is 0 Å². The molecule has 0 saturated carbocycles. The average Bonchev–Trinajstić information content (AvgIpc) is 3.21. The lowest BCUT2D eigenvalue weighted by Crippen LogP contribution is -2.44. The summed E-state index contributed by atoms with van der Waals surface area (Å²) in [6, 6.07) is 13.4. The fourth-order valence-corrected chi connectivity index (χ4v) is 4.51. The molecule has 1 fully saturated rings. The molecule has 0 amide bonds. The van der Waals surface area contributed by atoms with Crippen LogP contribution in [0.5, 0.6) is 0 Å². The summed E-state index contributed by atoms with van der Waals surface area (Å²) in [6.45, 7) is 6.24. The largest absolute Gasteiger partial charge is 0.384 e. The van der Waals surface area contributed by atoms with Crippen LogP contribution in [0.15, 0.2) is 47.3 Å². The van der Waals surface area contributed by atoms with Crippen LogP contribution in [0.1, 0.15) is 6.42 Å². The number of nitrogens with zero attached hydrogens (tertiary/aromatic N) is 3. The van der Waals surface area contributed by atoms with Gasteiger partial charge in [-0.05, 0) is 50.3 Å². The number of hydrogen-bond acceptors (Lipinski definition) is 5. The van der Waals surface area contributed by atoms with Gasteiger partial charge in [0.05, 0.1) is 22.2 Å². The summed E-state index contributed by atoms with van der Waals surface area (Å²) in [6.07, 6.45) is 0.991. The number of likely N-dealkylation sites (N-methyl/N-ethyl adjacent to an activating group) is 1. The van der Waals surface area contributed by atoms with Gasteiger partial charge < -0.3 is 25.1 Å². The predicted octanol–water partition coefficient (Wildman–Crippen LogP) is 3.77. The highest BCUT2D eigenvalue weighted by Gasteiger charge is 2.18. The van der Waals surface area contributed by atoms with Crippen molar-refractivity contribution in [3.8, 4) is 11.4 Å². The number of piperazine rings is 1. The molecule has 166 valence electrons. The third-order valence-electron chi connectivity index (χ3n) is 6.15. The first-order valence-corrected chi connectivity index (χ1v) is 11.4. The van der Waals surface area contributed by atoms with Gasteiger partial charge in [-0.25, -0.2) is 4.98 Å². The van der Waals surface area contributed by atoms with Crippen LogP contribution in [0.4, 0.5) is 5.69 Å². The number of anilines is 1. The molecule has 3 heterocycles. The maximum atomic E-state index is 13.1. The van der Waals surface area contributed by atoms with Crippen LogP contribution < -0.4 is 10.9 Å². The van der Waals surface area contributed by atoms with Gasteiger partial charge in [-0.1, -0.05) is 23.7 Å². The fourth-order valence-electron chi connectivity index (χ4n) is 4.34. The van der Waals surface area contributed by atoms with Crippen LogP contribution in [-0.2, 0) is 0 Å². The number of aromatic nitrogens is 3. The molecule has 1 aliphatic heterocycles. The van der Waals surface area contributed by atoms with Crippen molar-refractivity contribution in [1.29, 1.82) is 0 Å². The lowest BCUT2D eigenvalue weighted by Gasteiger charge is -2.32. The zero-order valence-corrected chi connectivity index (χ0v) is 18.9. The standard InChI is InChI=1S/C24H27ClN6O/c1-30-11-13-31(14-12-30)10-4-9-26-22-17-8-7-16(25)15-20(17)29-24(32)21(22)23-27-18-5-2-3-6-19(18)28-23/h2-3,5-8,15H,4,9-14H2,1H3,(H,27,28)(H2,26,29,32). The third-order valence-corrected chi connectivity index (χ3v) is 6.39. The number of H-pyrrole nitrogens is 2. The van der Waals surface area contributed by atoms with Gasteiger partial charge in [-0.2, -0.15) is 0 Å². The molecule has 0 atom stereocenters. The second-order valence-corrected chi connectivity index (χ2v) is 8.86. The van der Waals surface area contributed by atoms with Gasteiger partial charge in [0.15, 0.2) is 0 Å². The number of imidazole rings is 1. The van der Waals surface area contributed by atoms with Crippen molar-refractivity contribution in [3.05, 3.63) is 57.8 Å². The fraction of sp³-hybridized carbons (Fsp3) is 0.333. The number of nitrogens with one attached hydrogen (secondary N) is 3. The van der Waals surface area contributed by atoms with Crippen molar-refractivity contribution < 1.29 is 0 Å². The van der Waals surface area contributed by atoms with Crippen molar-refractivity contribution in [2.75, 3.05) is 51.6 Å². The van der Waals surface area contributed by atoms with Crippen LogP contribution in [0.3, 0.4) is 0 Å². The highest BCUT2D eigenvalue weighted by Crippen LogP contribution is 2.32. The Bertz CT molecular complexity index is 1270. The SMILES string of the molecule is CN1CCN(CCCNc2c(-c3nc4ccccc4[nH]3)c(=O)[nH]c3cc(Cl)ccc23)CC1. The van der Waals surface area contributed by atoms with Crippen molar-refractivity contribution in [1.82, 2.24) is 24.8 Å². The van der Waals surface area contributed by atoms with Gasteiger partial charge >= 0.3 is 0 Å². The molecule has 0 bridgehead atoms. The maximum Gasteiger partial charge on any atom is 0.261 e. The van der Waals surface area contributed by atoms with E-state index in [1.54, 1.807) is 6.07 Å². The van der Waals surface area contributed by atoms with E-state index in [-0.39, 0.29) is 5.56 Å². The molecule has 2 aromatic carbocycles. The van der Waals surface area contributed by atoms with Gasteiger partial charge in [0.2, 0.25) is 0 Å². The first-order chi connectivity index (χ1) is 15.6. The van der Waals surface area contributed by atoms with Gasteiger partial charge in [-0.15, -0.1) is 0 Å². The first kappa shape index (κ1) is 21.0. The summed E-state index contributed by atoms with van der Waals surface area (Å²) < 4.78 is 0. The van der Waals surface area contributed by atoms with Gasteiger partial charge in [0, 0.05) is 43.1 Å².